The lowest BCUT2D eigenvalue weighted by molar-refractivity contribution is 0.266. The van der Waals surface area contributed by atoms with E-state index in [1.807, 2.05) is 0 Å². The van der Waals surface area contributed by atoms with Crippen molar-refractivity contribution in [2.45, 2.75) is 49.4 Å². The first-order valence-corrected chi connectivity index (χ1v) is 14.9. The largest absolute Gasteiger partial charge is 0.115 e. The Morgan fingerprint density at radius 1 is 0.625 bits per heavy atom. The molecule has 4 unspecified atom stereocenters. The SMILES string of the molecule is C#Cc1c2c(c(C#C)c3c1C1Cc4ccccc4C3[C@@H]3CCC=C[C@H]13)C1c3ccccc3CC2c2ccccc21. The number of benzene rings is 4. The molecule has 0 nitrogen and oxygen atoms in total. The Labute approximate surface area is 237 Å². The first kappa shape index (κ1) is 22.5. The molecule has 0 N–H and O–H groups in total. The van der Waals surface area contributed by atoms with Crippen LogP contribution in [0.1, 0.15) is 103 Å². The monoisotopic (exact) mass is 510 g/mol. The van der Waals surface area contributed by atoms with Gasteiger partial charge in [-0.15, -0.1) is 12.8 Å². The van der Waals surface area contributed by atoms with Gasteiger partial charge in [-0.05, 0) is 99.1 Å². The van der Waals surface area contributed by atoms with Crippen LogP contribution in [0.3, 0.4) is 0 Å². The number of terminal acetylenes is 2. The first-order valence-electron chi connectivity index (χ1n) is 14.9. The number of allylic oxidation sites excluding steroid dienone is 2. The fraction of sp³-hybridized carbons (Fsp3) is 0.250. The van der Waals surface area contributed by atoms with Crippen molar-refractivity contribution in [2.75, 3.05) is 0 Å². The summed E-state index contributed by atoms with van der Waals surface area (Å²) in [5.41, 5.74) is 16.4. The van der Waals surface area contributed by atoms with E-state index in [0.29, 0.717) is 17.8 Å². The van der Waals surface area contributed by atoms with Crippen molar-refractivity contribution in [3.8, 4) is 24.7 Å². The molecule has 4 aromatic rings. The van der Waals surface area contributed by atoms with Crippen LogP contribution < -0.4 is 0 Å². The Kier molecular flexibility index (Phi) is 4.58. The highest BCUT2D eigenvalue weighted by Gasteiger charge is 2.51. The third-order valence-electron chi connectivity index (χ3n) is 11.0. The molecule has 4 bridgehead atoms. The summed E-state index contributed by atoms with van der Waals surface area (Å²) in [4.78, 5) is 0. The molecule has 7 aliphatic carbocycles. The van der Waals surface area contributed by atoms with Crippen molar-refractivity contribution < 1.29 is 0 Å². The van der Waals surface area contributed by atoms with Crippen molar-refractivity contribution in [1.82, 2.24) is 0 Å². The molecule has 6 atom stereocenters. The second-order valence-corrected chi connectivity index (χ2v) is 12.4. The molecule has 0 amide bonds. The molecule has 40 heavy (non-hydrogen) atoms. The smallest absolute Gasteiger partial charge is 0.0361 e. The van der Waals surface area contributed by atoms with Gasteiger partial charge >= 0.3 is 0 Å². The quantitative estimate of drug-likeness (QED) is 0.165. The lowest BCUT2D eigenvalue weighted by Crippen LogP contribution is -2.35. The molecule has 0 aromatic heterocycles. The Morgan fingerprint density at radius 3 is 2.05 bits per heavy atom. The van der Waals surface area contributed by atoms with Crippen LogP contribution in [0.15, 0.2) is 84.9 Å². The maximum Gasteiger partial charge on any atom is 0.0361 e. The average Bonchev–Trinajstić information content (AvgIpc) is 3.38. The van der Waals surface area contributed by atoms with E-state index in [1.54, 1.807) is 0 Å². The Bertz CT molecular complexity index is 1860. The van der Waals surface area contributed by atoms with E-state index in [0.717, 1.165) is 30.4 Å². The minimum absolute atomic E-state index is 0.115. The standard InChI is InChI=1S/C40H30/c1-3-25-35-33-21-23-13-5-7-15-27(23)37(31-19-11-9-17-29(31)33)39(35)26(4-2)40-36(25)34-22-24-14-6-8-16-28(24)38(40)32-20-12-10-18-30(32)34/h1-2,5-11,13-19,30,32-34,37-38H,12,20-22H2/t30-,32+,33?,34?,37?,38?/m0/s1. The topological polar surface area (TPSA) is 0 Å². The summed E-state index contributed by atoms with van der Waals surface area (Å²) in [6.07, 6.45) is 22.6. The van der Waals surface area contributed by atoms with Gasteiger partial charge in [-0.25, -0.2) is 0 Å². The fourth-order valence-corrected chi connectivity index (χ4v) is 9.66. The predicted molar refractivity (Wildman–Crippen MR) is 162 cm³/mol. The third-order valence-corrected chi connectivity index (χ3v) is 11.0. The zero-order valence-corrected chi connectivity index (χ0v) is 22.5. The molecule has 0 aliphatic heterocycles. The number of hydrogen-bond donors (Lipinski definition) is 0. The minimum atomic E-state index is 0.115. The van der Waals surface area contributed by atoms with Gasteiger partial charge in [0.2, 0.25) is 0 Å². The van der Waals surface area contributed by atoms with Crippen molar-refractivity contribution in [1.29, 1.82) is 0 Å². The summed E-state index contributed by atoms with van der Waals surface area (Å²) in [6, 6.07) is 27.3. The van der Waals surface area contributed by atoms with Gasteiger partial charge in [-0.2, -0.15) is 0 Å². The maximum atomic E-state index is 6.67. The van der Waals surface area contributed by atoms with Crippen LogP contribution in [0.25, 0.3) is 0 Å². The minimum Gasteiger partial charge on any atom is -0.115 e. The van der Waals surface area contributed by atoms with Crippen LogP contribution in [0.5, 0.6) is 0 Å². The van der Waals surface area contributed by atoms with E-state index < -0.39 is 0 Å². The summed E-state index contributed by atoms with van der Waals surface area (Å²) in [5.74, 6) is 8.75. The molecule has 11 rings (SSSR count). The van der Waals surface area contributed by atoms with E-state index in [-0.39, 0.29) is 17.8 Å². The normalized spacial score (nSPS) is 27.4. The van der Waals surface area contributed by atoms with Crippen molar-refractivity contribution in [2.24, 2.45) is 11.8 Å². The lowest BCUT2D eigenvalue weighted by Gasteiger charge is -2.46. The molecule has 0 saturated heterocycles. The summed E-state index contributed by atoms with van der Waals surface area (Å²) in [5, 5.41) is 0. The first-order chi connectivity index (χ1) is 19.8. The van der Waals surface area contributed by atoms with Gasteiger partial charge in [0.05, 0.1) is 0 Å². The van der Waals surface area contributed by atoms with Crippen LogP contribution >= 0.6 is 0 Å². The van der Waals surface area contributed by atoms with E-state index in [9.17, 15) is 0 Å². The summed E-state index contributed by atoms with van der Waals surface area (Å²) in [7, 11) is 0. The molecule has 0 fully saturated rings. The Hall–Kier alpha value is -4.26. The third kappa shape index (κ3) is 2.70. The highest BCUT2D eigenvalue weighted by Crippen LogP contribution is 2.62. The van der Waals surface area contributed by atoms with Gasteiger partial charge in [-0.3, -0.25) is 0 Å². The number of rotatable bonds is 0. The van der Waals surface area contributed by atoms with Gasteiger partial charge in [-0.1, -0.05) is 96.8 Å². The Morgan fingerprint density at radius 2 is 1.27 bits per heavy atom. The highest BCUT2D eigenvalue weighted by molar-refractivity contribution is 5.75. The summed E-state index contributed by atoms with van der Waals surface area (Å²) < 4.78 is 0. The molecule has 7 aliphatic rings. The summed E-state index contributed by atoms with van der Waals surface area (Å²) >= 11 is 0. The van der Waals surface area contributed by atoms with E-state index in [1.165, 1.54) is 62.1 Å². The zero-order chi connectivity index (χ0) is 26.5. The average molecular weight is 511 g/mol. The van der Waals surface area contributed by atoms with Gasteiger partial charge in [0, 0.05) is 28.9 Å². The summed E-state index contributed by atoms with van der Waals surface area (Å²) in [6.45, 7) is 0. The van der Waals surface area contributed by atoms with Gasteiger partial charge in [0.1, 0.15) is 0 Å². The zero-order valence-electron chi connectivity index (χ0n) is 22.5. The van der Waals surface area contributed by atoms with Gasteiger partial charge in [0.25, 0.3) is 0 Å². The second-order valence-electron chi connectivity index (χ2n) is 12.4. The molecule has 190 valence electrons. The van der Waals surface area contributed by atoms with Crippen LogP contribution in [-0.4, -0.2) is 0 Å². The molecule has 4 aromatic carbocycles. The van der Waals surface area contributed by atoms with E-state index in [2.05, 4.69) is 96.8 Å². The van der Waals surface area contributed by atoms with Crippen molar-refractivity contribution >= 4 is 0 Å². The number of hydrogen-bond acceptors (Lipinski definition) is 0. The molecule has 0 heteroatoms. The molecular weight excluding hydrogens is 480 g/mol. The van der Waals surface area contributed by atoms with Crippen LogP contribution in [0.2, 0.25) is 0 Å². The second kappa shape index (κ2) is 8.13. The lowest BCUT2D eigenvalue weighted by atomic mass is 9.57. The van der Waals surface area contributed by atoms with Crippen molar-refractivity contribution in [3.05, 3.63) is 152 Å². The molecule has 0 radical (unpaired) electrons. The van der Waals surface area contributed by atoms with Crippen LogP contribution in [0, 0.1) is 36.5 Å². The van der Waals surface area contributed by atoms with E-state index >= 15 is 0 Å². The van der Waals surface area contributed by atoms with E-state index in [4.69, 9.17) is 12.8 Å². The molecular formula is C40H30. The molecule has 0 spiro atoms. The van der Waals surface area contributed by atoms with Gasteiger partial charge in [0.15, 0.2) is 0 Å². The molecule has 0 heterocycles. The van der Waals surface area contributed by atoms with Gasteiger partial charge < -0.3 is 0 Å². The highest BCUT2D eigenvalue weighted by atomic mass is 14.5. The van der Waals surface area contributed by atoms with Crippen LogP contribution in [-0.2, 0) is 12.8 Å². The fourth-order valence-electron chi connectivity index (χ4n) is 9.66. The van der Waals surface area contributed by atoms with Crippen LogP contribution in [0.4, 0.5) is 0 Å². The predicted octanol–water partition coefficient (Wildman–Crippen LogP) is 8.20. The van der Waals surface area contributed by atoms with Crippen molar-refractivity contribution in [3.63, 3.8) is 0 Å². The molecule has 0 saturated carbocycles. The maximum absolute atomic E-state index is 6.67. The Balaban J connectivity index is 1.46.